The van der Waals surface area contributed by atoms with Crippen LogP contribution < -0.4 is 0 Å². The van der Waals surface area contributed by atoms with Crippen molar-refractivity contribution in [3.8, 4) is 0 Å². The Morgan fingerprint density at radius 2 is 1.18 bits per heavy atom. The molecule has 103 valence electrons. The van der Waals surface area contributed by atoms with Gasteiger partial charge in [-0.05, 0) is 26.2 Å². The second-order valence-electron chi connectivity index (χ2n) is 6.06. The van der Waals surface area contributed by atoms with Gasteiger partial charge in [0.2, 0.25) is 0 Å². The zero-order valence-electron chi connectivity index (χ0n) is 12.6. The van der Waals surface area contributed by atoms with Crippen molar-refractivity contribution < 1.29 is 4.48 Å². The fourth-order valence-corrected chi connectivity index (χ4v) is 2.39. The standard InChI is InChI=1S/C16H35N/c1-5-7-8-9-10-11-12-13-14-16-17(3,4)15-6-2/h2,5-16H2,1,3-4H3/q+1. The highest BCUT2D eigenvalue weighted by Crippen LogP contribution is 2.11. The van der Waals surface area contributed by atoms with Gasteiger partial charge >= 0.3 is 0 Å². The predicted octanol–water partition coefficient (Wildman–Crippen LogP) is 4.82. The monoisotopic (exact) mass is 241 g/mol. The van der Waals surface area contributed by atoms with E-state index in [9.17, 15) is 0 Å². The first-order valence-corrected chi connectivity index (χ1v) is 7.73. The maximum atomic E-state index is 3.95. The molecule has 1 heteroatoms. The Morgan fingerprint density at radius 3 is 1.65 bits per heavy atom. The fourth-order valence-electron chi connectivity index (χ4n) is 2.39. The molecule has 0 unspecified atom stereocenters. The van der Waals surface area contributed by atoms with E-state index in [0.29, 0.717) is 0 Å². The first-order chi connectivity index (χ1) is 8.12. The van der Waals surface area contributed by atoms with Crippen molar-refractivity contribution in [2.24, 2.45) is 0 Å². The Bertz CT molecular complexity index is 152. The van der Waals surface area contributed by atoms with Crippen LogP contribution >= 0.6 is 0 Å². The van der Waals surface area contributed by atoms with Crippen LogP contribution in [0.5, 0.6) is 0 Å². The van der Waals surface area contributed by atoms with Crippen LogP contribution in [0.1, 0.15) is 71.1 Å². The molecule has 0 heterocycles. The minimum absolute atomic E-state index is 1.06. The van der Waals surface area contributed by atoms with Crippen molar-refractivity contribution >= 4 is 0 Å². The predicted molar refractivity (Wildman–Crippen MR) is 79.0 cm³/mol. The Kier molecular flexibility index (Phi) is 11.0. The van der Waals surface area contributed by atoms with E-state index < -0.39 is 0 Å². The van der Waals surface area contributed by atoms with E-state index in [1.54, 1.807) is 0 Å². The third kappa shape index (κ3) is 12.2. The lowest BCUT2D eigenvalue weighted by Crippen LogP contribution is -2.40. The number of rotatable bonds is 12. The molecule has 0 atom stereocenters. The Balaban J connectivity index is 3.18. The summed E-state index contributed by atoms with van der Waals surface area (Å²) < 4.78 is 1.15. The average molecular weight is 241 g/mol. The molecule has 0 amide bonds. The van der Waals surface area contributed by atoms with Crippen LogP contribution in [-0.2, 0) is 0 Å². The highest BCUT2D eigenvalue weighted by Gasteiger charge is 2.11. The number of nitrogens with zero attached hydrogens (tertiary/aromatic N) is 1. The first-order valence-electron chi connectivity index (χ1n) is 7.73. The molecule has 1 radical (unpaired) electrons. The van der Waals surface area contributed by atoms with Gasteiger partial charge in [-0.15, -0.1) is 0 Å². The normalized spacial score (nSPS) is 12.0. The molecular formula is C16H35N+. The third-order valence-electron chi connectivity index (χ3n) is 3.63. The minimum Gasteiger partial charge on any atom is -0.328 e. The maximum absolute atomic E-state index is 3.95. The van der Waals surface area contributed by atoms with Crippen LogP contribution in [0, 0.1) is 6.92 Å². The molecule has 0 aliphatic carbocycles. The molecule has 0 aromatic rings. The molecule has 1 nitrogen and oxygen atoms in total. The highest BCUT2D eigenvalue weighted by molar-refractivity contribution is 4.47. The Morgan fingerprint density at radius 1 is 0.706 bits per heavy atom. The summed E-state index contributed by atoms with van der Waals surface area (Å²) >= 11 is 0. The van der Waals surface area contributed by atoms with E-state index in [1.807, 2.05) is 0 Å². The van der Waals surface area contributed by atoms with Gasteiger partial charge in [0.1, 0.15) is 0 Å². The summed E-state index contributed by atoms with van der Waals surface area (Å²) in [7, 11) is 4.66. The van der Waals surface area contributed by atoms with Gasteiger partial charge in [0.05, 0.1) is 27.2 Å². The topological polar surface area (TPSA) is 0 Å². The van der Waals surface area contributed by atoms with Gasteiger partial charge < -0.3 is 4.48 Å². The van der Waals surface area contributed by atoms with Crippen molar-refractivity contribution in [1.29, 1.82) is 0 Å². The molecule has 0 aliphatic rings. The largest absolute Gasteiger partial charge is 0.328 e. The molecule has 0 bridgehead atoms. The Hall–Kier alpha value is -0.0400. The van der Waals surface area contributed by atoms with Crippen LogP contribution in [0.15, 0.2) is 0 Å². The lowest BCUT2D eigenvalue weighted by atomic mass is 10.1. The summed E-state index contributed by atoms with van der Waals surface area (Å²) in [4.78, 5) is 0. The minimum atomic E-state index is 1.06. The molecule has 17 heavy (non-hydrogen) atoms. The Labute approximate surface area is 110 Å². The second kappa shape index (κ2) is 11.1. The quantitative estimate of drug-likeness (QED) is 0.339. The maximum Gasteiger partial charge on any atom is 0.0782 e. The SMILES string of the molecule is [CH2]CC[N+](C)(C)CCCCCCCCCCC. The van der Waals surface area contributed by atoms with Crippen molar-refractivity contribution in [2.75, 3.05) is 27.2 Å². The van der Waals surface area contributed by atoms with E-state index in [4.69, 9.17) is 0 Å². The third-order valence-corrected chi connectivity index (χ3v) is 3.63. The van der Waals surface area contributed by atoms with E-state index in [2.05, 4.69) is 27.9 Å². The first kappa shape index (κ1) is 17.0. The number of hydrogen-bond donors (Lipinski definition) is 0. The summed E-state index contributed by atoms with van der Waals surface area (Å²) in [5.41, 5.74) is 0. The molecule has 0 aromatic heterocycles. The second-order valence-corrected chi connectivity index (χ2v) is 6.06. The van der Waals surface area contributed by atoms with Gasteiger partial charge in [-0.1, -0.05) is 51.9 Å². The molecule has 0 rings (SSSR count). The van der Waals surface area contributed by atoms with Crippen LogP contribution in [-0.4, -0.2) is 31.7 Å². The van der Waals surface area contributed by atoms with Crippen LogP contribution in [0.2, 0.25) is 0 Å². The van der Waals surface area contributed by atoms with E-state index >= 15 is 0 Å². The summed E-state index contributed by atoms with van der Waals surface area (Å²) in [6.45, 7) is 8.78. The molecule has 0 saturated heterocycles. The zero-order chi connectivity index (χ0) is 13.0. The van der Waals surface area contributed by atoms with E-state index in [0.717, 1.165) is 10.9 Å². The molecular weight excluding hydrogens is 206 g/mol. The smallest absolute Gasteiger partial charge is 0.0782 e. The van der Waals surface area contributed by atoms with Crippen molar-refractivity contribution in [2.45, 2.75) is 71.1 Å². The highest BCUT2D eigenvalue weighted by atomic mass is 15.3. The molecule has 0 aliphatic heterocycles. The van der Waals surface area contributed by atoms with Gasteiger partial charge in [-0.3, -0.25) is 0 Å². The van der Waals surface area contributed by atoms with Crippen LogP contribution in [0.4, 0.5) is 0 Å². The van der Waals surface area contributed by atoms with Crippen molar-refractivity contribution in [3.05, 3.63) is 6.92 Å². The van der Waals surface area contributed by atoms with Crippen LogP contribution in [0.25, 0.3) is 0 Å². The van der Waals surface area contributed by atoms with Crippen molar-refractivity contribution in [1.82, 2.24) is 0 Å². The van der Waals surface area contributed by atoms with E-state index in [-0.39, 0.29) is 0 Å². The number of quaternary nitrogens is 1. The fraction of sp³-hybridized carbons (Fsp3) is 0.938. The molecule has 0 spiro atoms. The van der Waals surface area contributed by atoms with Gasteiger partial charge in [-0.2, -0.15) is 0 Å². The summed E-state index contributed by atoms with van der Waals surface area (Å²) in [5, 5.41) is 0. The van der Waals surface area contributed by atoms with Gasteiger partial charge in [0.15, 0.2) is 0 Å². The van der Waals surface area contributed by atoms with Gasteiger partial charge in [-0.25, -0.2) is 0 Å². The number of hydrogen-bond acceptors (Lipinski definition) is 0. The lowest BCUT2D eigenvalue weighted by molar-refractivity contribution is -0.890. The van der Waals surface area contributed by atoms with Crippen LogP contribution in [0.3, 0.4) is 0 Å². The average Bonchev–Trinajstić information content (AvgIpc) is 2.27. The van der Waals surface area contributed by atoms with Crippen molar-refractivity contribution in [3.63, 3.8) is 0 Å². The van der Waals surface area contributed by atoms with Gasteiger partial charge in [0.25, 0.3) is 0 Å². The van der Waals surface area contributed by atoms with E-state index in [1.165, 1.54) is 70.9 Å². The molecule has 0 saturated carbocycles. The summed E-state index contributed by atoms with van der Waals surface area (Å²) in [5.74, 6) is 0. The summed E-state index contributed by atoms with van der Waals surface area (Å²) in [6, 6.07) is 0. The molecule has 0 N–H and O–H groups in total. The lowest BCUT2D eigenvalue weighted by Gasteiger charge is -2.29. The number of unbranched alkanes of at least 4 members (excludes halogenated alkanes) is 8. The van der Waals surface area contributed by atoms with Gasteiger partial charge in [0, 0.05) is 0 Å². The zero-order valence-corrected chi connectivity index (χ0v) is 12.6. The molecule has 0 fully saturated rings. The summed E-state index contributed by atoms with van der Waals surface area (Å²) in [6.07, 6.45) is 13.9. The molecule has 0 aromatic carbocycles.